The molecule has 7 heteroatoms. The van der Waals surface area contributed by atoms with Crippen LogP contribution in [0.2, 0.25) is 5.02 Å². The number of nitrogens with zero attached hydrogens (tertiary/aromatic N) is 3. The molecular formula is C20H20ClFN4O. The maximum atomic E-state index is 13.8. The smallest absolute Gasteiger partial charge is 0.225 e. The Kier molecular flexibility index (Phi) is 6.19. The first-order valence-electron chi connectivity index (χ1n) is 8.70. The van der Waals surface area contributed by atoms with Gasteiger partial charge in [0.15, 0.2) is 5.82 Å². The molecule has 3 aromatic rings. The minimum Gasteiger partial charge on any atom is -0.308 e. The maximum Gasteiger partial charge on any atom is 0.225 e. The van der Waals surface area contributed by atoms with Gasteiger partial charge >= 0.3 is 0 Å². The summed E-state index contributed by atoms with van der Waals surface area (Å²) in [6.07, 6.45) is 1.89. The molecule has 0 aliphatic heterocycles. The molecule has 5 nitrogen and oxygen atoms in total. The van der Waals surface area contributed by atoms with Gasteiger partial charge in [0.25, 0.3) is 0 Å². The van der Waals surface area contributed by atoms with E-state index < -0.39 is 0 Å². The Morgan fingerprint density at radius 1 is 1.19 bits per heavy atom. The van der Waals surface area contributed by atoms with Crippen molar-refractivity contribution in [3.8, 4) is 0 Å². The van der Waals surface area contributed by atoms with E-state index in [9.17, 15) is 9.18 Å². The van der Waals surface area contributed by atoms with Crippen molar-refractivity contribution in [2.45, 2.75) is 32.7 Å². The highest BCUT2D eigenvalue weighted by Crippen LogP contribution is 2.15. The van der Waals surface area contributed by atoms with Gasteiger partial charge in [-0.15, -0.1) is 5.10 Å². The normalized spacial score (nSPS) is 10.8. The van der Waals surface area contributed by atoms with Crippen LogP contribution in [0.3, 0.4) is 0 Å². The number of halogens is 2. The van der Waals surface area contributed by atoms with Gasteiger partial charge in [0.1, 0.15) is 5.82 Å². The molecule has 27 heavy (non-hydrogen) atoms. The maximum absolute atomic E-state index is 13.8. The topological polar surface area (TPSA) is 59.8 Å². The molecule has 1 heterocycles. The number of carbonyl (C=O) groups is 1. The number of hydrogen-bond donors (Lipinski definition) is 1. The molecule has 0 radical (unpaired) electrons. The highest BCUT2D eigenvalue weighted by Gasteiger charge is 2.13. The zero-order chi connectivity index (χ0) is 19.2. The minimum absolute atomic E-state index is 0.120. The van der Waals surface area contributed by atoms with Crippen molar-refractivity contribution in [2.24, 2.45) is 0 Å². The number of amides is 1. The van der Waals surface area contributed by atoms with Crippen molar-refractivity contribution < 1.29 is 9.18 Å². The molecular weight excluding hydrogens is 367 g/mol. The lowest BCUT2D eigenvalue weighted by Gasteiger charge is -2.06. The zero-order valence-corrected chi connectivity index (χ0v) is 15.7. The average molecular weight is 387 g/mol. The van der Waals surface area contributed by atoms with E-state index in [0.29, 0.717) is 28.5 Å². The SMILES string of the molecule is Cc1c(NC(=O)CCCc2ccc(Cl)cc2)nnn1Cc1ccccc1F. The Hall–Kier alpha value is -2.73. The minimum atomic E-state index is -0.291. The molecule has 0 atom stereocenters. The molecule has 0 saturated carbocycles. The summed E-state index contributed by atoms with van der Waals surface area (Å²) in [6.45, 7) is 2.06. The molecule has 0 aliphatic carbocycles. The highest BCUT2D eigenvalue weighted by atomic mass is 35.5. The van der Waals surface area contributed by atoms with Crippen LogP contribution in [-0.4, -0.2) is 20.9 Å². The number of carbonyl (C=O) groups excluding carboxylic acids is 1. The fraction of sp³-hybridized carbons (Fsp3) is 0.250. The van der Waals surface area contributed by atoms with Gasteiger partial charge in [-0.25, -0.2) is 9.07 Å². The zero-order valence-electron chi connectivity index (χ0n) is 15.0. The van der Waals surface area contributed by atoms with Gasteiger partial charge in [0.2, 0.25) is 5.91 Å². The van der Waals surface area contributed by atoms with Gasteiger partial charge in [0, 0.05) is 17.0 Å². The summed E-state index contributed by atoms with van der Waals surface area (Å²) < 4.78 is 15.4. The Bertz CT molecular complexity index is 924. The molecule has 0 aliphatic rings. The van der Waals surface area contributed by atoms with Crippen molar-refractivity contribution in [2.75, 3.05) is 5.32 Å². The molecule has 2 aromatic carbocycles. The average Bonchev–Trinajstić information content (AvgIpc) is 2.99. The molecule has 1 amide bonds. The number of aromatic nitrogens is 3. The fourth-order valence-electron chi connectivity index (χ4n) is 2.71. The van der Waals surface area contributed by atoms with Crippen LogP contribution in [0.15, 0.2) is 48.5 Å². The second-order valence-electron chi connectivity index (χ2n) is 6.30. The van der Waals surface area contributed by atoms with E-state index in [1.165, 1.54) is 6.07 Å². The molecule has 0 spiro atoms. The quantitative estimate of drug-likeness (QED) is 0.655. The van der Waals surface area contributed by atoms with Crippen LogP contribution in [0.25, 0.3) is 0 Å². The first kappa shape index (κ1) is 19.0. The van der Waals surface area contributed by atoms with E-state index in [2.05, 4.69) is 15.6 Å². The van der Waals surface area contributed by atoms with Crippen LogP contribution in [0.5, 0.6) is 0 Å². The number of aryl methyl sites for hydroxylation is 1. The fourth-order valence-corrected chi connectivity index (χ4v) is 2.84. The molecule has 3 rings (SSSR count). The third kappa shape index (κ3) is 5.14. The van der Waals surface area contributed by atoms with Crippen molar-refractivity contribution in [1.29, 1.82) is 0 Å². The number of nitrogens with one attached hydrogen (secondary N) is 1. The number of benzene rings is 2. The lowest BCUT2D eigenvalue weighted by molar-refractivity contribution is -0.116. The summed E-state index contributed by atoms with van der Waals surface area (Å²) >= 11 is 5.86. The van der Waals surface area contributed by atoms with Gasteiger partial charge in [0.05, 0.1) is 12.2 Å². The molecule has 0 unspecified atom stereocenters. The monoisotopic (exact) mass is 386 g/mol. The van der Waals surface area contributed by atoms with E-state index in [-0.39, 0.29) is 18.3 Å². The molecule has 0 saturated heterocycles. The second-order valence-corrected chi connectivity index (χ2v) is 6.74. The van der Waals surface area contributed by atoms with Crippen LogP contribution < -0.4 is 5.32 Å². The van der Waals surface area contributed by atoms with Gasteiger partial charge in [-0.05, 0) is 43.5 Å². The third-order valence-electron chi connectivity index (χ3n) is 4.30. The second kappa shape index (κ2) is 8.77. The highest BCUT2D eigenvalue weighted by molar-refractivity contribution is 6.30. The van der Waals surface area contributed by atoms with Crippen molar-refractivity contribution >= 4 is 23.3 Å². The molecule has 0 fully saturated rings. The van der Waals surface area contributed by atoms with E-state index >= 15 is 0 Å². The summed E-state index contributed by atoms with van der Waals surface area (Å²) in [4.78, 5) is 12.2. The Labute approximate surface area is 162 Å². The molecule has 140 valence electrons. The molecule has 0 bridgehead atoms. The van der Waals surface area contributed by atoms with Crippen LogP contribution >= 0.6 is 11.6 Å². The van der Waals surface area contributed by atoms with Gasteiger partial charge in [-0.1, -0.05) is 47.1 Å². The third-order valence-corrected chi connectivity index (χ3v) is 4.55. The lowest BCUT2D eigenvalue weighted by Crippen LogP contribution is -2.13. The van der Waals surface area contributed by atoms with Crippen molar-refractivity contribution in [1.82, 2.24) is 15.0 Å². The first-order chi connectivity index (χ1) is 13.0. The first-order valence-corrected chi connectivity index (χ1v) is 9.08. The Balaban J connectivity index is 1.53. The van der Waals surface area contributed by atoms with E-state index in [4.69, 9.17) is 11.6 Å². The number of hydrogen-bond acceptors (Lipinski definition) is 3. The Morgan fingerprint density at radius 2 is 1.93 bits per heavy atom. The van der Waals surface area contributed by atoms with Crippen LogP contribution in [-0.2, 0) is 17.8 Å². The summed E-state index contributed by atoms with van der Waals surface area (Å²) in [6, 6.07) is 14.1. The van der Waals surface area contributed by atoms with E-state index in [1.807, 2.05) is 24.3 Å². The predicted octanol–water partition coefficient (Wildman–Crippen LogP) is 4.39. The van der Waals surface area contributed by atoms with Gasteiger partial charge in [-0.3, -0.25) is 4.79 Å². The molecule has 1 N–H and O–H groups in total. The largest absolute Gasteiger partial charge is 0.308 e. The summed E-state index contributed by atoms with van der Waals surface area (Å²) in [5.74, 6) is -0.00646. The van der Waals surface area contributed by atoms with Gasteiger partial charge in [-0.2, -0.15) is 0 Å². The summed E-state index contributed by atoms with van der Waals surface area (Å²) in [7, 11) is 0. The summed E-state index contributed by atoms with van der Waals surface area (Å²) in [5, 5.41) is 11.5. The predicted molar refractivity (Wildman–Crippen MR) is 103 cm³/mol. The Morgan fingerprint density at radius 3 is 2.67 bits per heavy atom. The van der Waals surface area contributed by atoms with Crippen LogP contribution in [0, 0.1) is 12.7 Å². The lowest BCUT2D eigenvalue weighted by atomic mass is 10.1. The van der Waals surface area contributed by atoms with Crippen LogP contribution in [0.1, 0.15) is 29.7 Å². The van der Waals surface area contributed by atoms with Crippen molar-refractivity contribution in [3.63, 3.8) is 0 Å². The van der Waals surface area contributed by atoms with E-state index in [1.54, 1.807) is 29.8 Å². The standard InChI is InChI=1S/C20H20ClFN4O/c1-14-20(24-25-26(14)13-16-6-2-3-7-18(16)22)23-19(27)8-4-5-15-9-11-17(21)12-10-15/h2-3,6-7,9-12H,4-5,8,13H2,1H3,(H,23,27). The number of rotatable bonds is 7. The summed E-state index contributed by atoms with van der Waals surface area (Å²) in [5.41, 5.74) is 2.34. The molecule has 1 aromatic heterocycles. The number of anilines is 1. The van der Waals surface area contributed by atoms with Gasteiger partial charge < -0.3 is 5.32 Å². The van der Waals surface area contributed by atoms with Crippen molar-refractivity contribution in [3.05, 3.63) is 76.2 Å². The van der Waals surface area contributed by atoms with E-state index in [0.717, 1.165) is 18.4 Å². The van der Waals surface area contributed by atoms with Crippen LogP contribution in [0.4, 0.5) is 10.2 Å².